The Morgan fingerprint density at radius 2 is 1.88 bits per heavy atom. The minimum atomic E-state index is -0.760. The van der Waals surface area contributed by atoms with Crippen molar-refractivity contribution in [2.45, 2.75) is 6.92 Å². The van der Waals surface area contributed by atoms with Gasteiger partial charge in [0.05, 0.1) is 11.1 Å². The van der Waals surface area contributed by atoms with E-state index in [0.29, 0.717) is 0 Å². The number of hydrogen-bond donors (Lipinski definition) is 3. The number of hydrazine groups is 1. The quantitative estimate of drug-likeness (QED) is 0.379. The van der Waals surface area contributed by atoms with Crippen LogP contribution in [0.15, 0.2) is 29.8 Å². The molecule has 0 aromatic heterocycles. The van der Waals surface area contributed by atoms with Crippen molar-refractivity contribution in [1.29, 1.82) is 0 Å². The maximum atomic E-state index is 11.5. The van der Waals surface area contributed by atoms with Crippen LogP contribution in [0, 0.1) is 0 Å². The highest BCUT2D eigenvalue weighted by molar-refractivity contribution is 6.02. The van der Waals surface area contributed by atoms with Gasteiger partial charge in [-0.2, -0.15) is 0 Å². The molecule has 0 spiro atoms. The summed E-state index contributed by atoms with van der Waals surface area (Å²) in [4.78, 5) is 32.7. The molecule has 0 radical (unpaired) electrons. The summed E-state index contributed by atoms with van der Waals surface area (Å²) in [5.41, 5.74) is 3.89. The van der Waals surface area contributed by atoms with Gasteiger partial charge < -0.3 is 5.11 Å². The third kappa shape index (κ3) is 3.19. The second-order valence-electron chi connectivity index (χ2n) is 3.15. The van der Waals surface area contributed by atoms with Crippen molar-refractivity contribution in [2.24, 2.45) is 0 Å². The highest BCUT2D eigenvalue weighted by Crippen LogP contribution is 2.14. The van der Waals surface area contributed by atoms with E-state index >= 15 is 0 Å². The summed E-state index contributed by atoms with van der Waals surface area (Å²) < 4.78 is 0. The molecule has 0 aliphatic carbocycles. The van der Waals surface area contributed by atoms with Crippen LogP contribution in [-0.2, 0) is 9.59 Å². The summed E-state index contributed by atoms with van der Waals surface area (Å²) in [5.74, 6) is -0.258. The van der Waals surface area contributed by atoms with E-state index < -0.39 is 11.8 Å². The van der Waals surface area contributed by atoms with E-state index in [0.717, 1.165) is 0 Å². The van der Waals surface area contributed by atoms with Gasteiger partial charge in [-0.3, -0.25) is 20.4 Å². The van der Waals surface area contributed by atoms with Gasteiger partial charge in [-0.1, -0.05) is 12.1 Å². The molecule has 0 fully saturated rings. The maximum absolute atomic E-state index is 11.5. The Balaban J connectivity index is 2.66. The molecule has 1 aromatic rings. The van der Waals surface area contributed by atoms with Crippen molar-refractivity contribution in [3.8, 4) is 5.75 Å². The number of para-hydroxylation sites is 1. The number of benzene rings is 1. The van der Waals surface area contributed by atoms with Crippen molar-refractivity contribution in [1.82, 2.24) is 10.9 Å². The molecule has 6 heteroatoms. The monoisotopic (exact) mass is 234 g/mol. The Morgan fingerprint density at radius 3 is 2.47 bits per heavy atom. The highest BCUT2D eigenvalue weighted by atomic mass is 16.3. The Kier molecular flexibility index (Phi) is 4.02. The molecule has 2 amide bonds. The number of amides is 2. The SMILES string of the molecule is CC(=C=O)C(=O)NNC(=O)c1ccccc1O. The van der Waals surface area contributed by atoms with Gasteiger partial charge in [0.2, 0.25) is 0 Å². The van der Waals surface area contributed by atoms with Crippen LogP contribution in [0.25, 0.3) is 0 Å². The molecule has 0 bridgehead atoms. The van der Waals surface area contributed by atoms with Gasteiger partial charge in [0.25, 0.3) is 11.8 Å². The van der Waals surface area contributed by atoms with Crippen molar-refractivity contribution in [2.75, 3.05) is 0 Å². The molecular formula is C11H10N2O4. The number of nitrogens with one attached hydrogen (secondary N) is 2. The number of phenols is 1. The van der Waals surface area contributed by atoms with Crippen LogP contribution in [0.2, 0.25) is 0 Å². The fourth-order valence-corrected chi connectivity index (χ4v) is 0.987. The average molecular weight is 234 g/mol. The molecule has 0 saturated carbocycles. The molecule has 0 aliphatic rings. The third-order valence-electron chi connectivity index (χ3n) is 1.93. The zero-order valence-electron chi connectivity index (χ0n) is 8.98. The van der Waals surface area contributed by atoms with Gasteiger partial charge in [0, 0.05) is 0 Å². The molecule has 0 atom stereocenters. The van der Waals surface area contributed by atoms with E-state index in [1.165, 1.54) is 25.0 Å². The zero-order valence-corrected chi connectivity index (χ0v) is 8.98. The van der Waals surface area contributed by atoms with Crippen molar-refractivity contribution in [3.63, 3.8) is 0 Å². The van der Waals surface area contributed by atoms with Gasteiger partial charge >= 0.3 is 0 Å². The first-order chi connectivity index (χ1) is 8.06. The van der Waals surface area contributed by atoms with E-state index in [-0.39, 0.29) is 16.9 Å². The number of carbonyl (C=O) groups is 2. The van der Waals surface area contributed by atoms with Crippen LogP contribution in [-0.4, -0.2) is 22.9 Å². The summed E-state index contributed by atoms with van der Waals surface area (Å²) in [6.07, 6.45) is 0. The van der Waals surface area contributed by atoms with Gasteiger partial charge in [-0.05, 0) is 19.1 Å². The summed E-state index contributed by atoms with van der Waals surface area (Å²) in [5, 5.41) is 9.36. The molecule has 6 nitrogen and oxygen atoms in total. The molecule has 0 unspecified atom stereocenters. The molecule has 0 heterocycles. The smallest absolute Gasteiger partial charge is 0.276 e. The second kappa shape index (κ2) is 5.48. The largest absolute Gasteiger partial charge is 0.507 e. The first-order valence-electron chi connectivity index (χ1n) is 4.66. The number of hydrogen-bond acceptors (Lipinski definition) is 4. The standard InChI is InChI=1S/C11H10N2O4/c1-7(6-14)10(16)12-13-11(17)8-4-2-3-5-9(8)15/h2-5,15H,1H3,(H,12,16)(H,13,17). The van der Waals surface area contributed by atoms with Crippen molar-refractivity contribution >= 4 is 17.8 Å². The summed E-state index contributed by atoms with van der Waals surface area (Å²) >= 11 is 0. The van der Waals surface area contributed by atoms with Gasteiger partial charge in [0.15, 0.2) is 0 Å². The van der Waals surface area contributed by atoms with E-state index in [4.69, 9.17) is 0 Å². The number of carbonyl (C=O) groups excluding carboxylic acids is 3. The van der Waals surface area contributed by atoms with Crippen LogP contribution in [0.5, 0.6) is 5.75 Å². The molecule has 88 valence electrons. The Morgan fingerprint density at radius 1 is 1.24 bits per heavy atom. The van der Waals surface area contributed by atoms with Crippen LogP contribution in [0.4, 0.5) is 0 Å². The van der Waals surface area contributed by atoms with Crippen LogP contribution < -0.4 is 10.9 Å². The van der Waals surface area contributed by atoms with Crippen LogP contribution in [0.1, 0.15) is 17.3 Å². The second-order valence-corrected chi connectivity index (χ2v) is 3.15. The molecule has 1 rings (SSSR count). The van der Waals surface area contributed by atoms with Gasteiger partial charge in [-0.15, -0.1) is 0 Å². The Bertz CT molecular complexity index is 504. The Labute approximate surface area is 96.9 Å². The van der Waals surface area contributed by atoms with Crippen LogP contribution >= 0.6 is 0 Å². The summed E-state index contributed by atoms with van der Waals surface area (Å²) in [6.45, 7) is 1.26. The molecule has 17 heavy (non-hydrogen) atoms. The molecule has 0 aliphatic heterocycles. The van der Waals surface area contributed by atoms with E-state index in [2.05, 4.69) is 5.43 Å². The third-order valence-corrected chi connectivity index (χ3v) is 1.93. The zero-order chi connectivity index (χ0) is 12.8. The highest BCUT2D eigenvalue weighted by Gasteiger charge is 2.11. The first kappa shape index (κ1) is 12.5. The van der Waals surface area contributed by atoms with Gasteiger partial charge in [0.1, 0.15) is 11.7 Å². The first-order valence-corrected chi connectivity index (χ1v) is 4.66. The minimum absolute atomic E-state index is 0.0144. The summed E-state index contributed by atoms with van der Waals surface area (Å²) in [6, 6.07) is 5.85. The van der Waals surface area contributed by atoms with Crippen LogP contribution in [0.3, 0.4) is 0 Å². The molecule has 0 saturated heterocycles. The van der Waals surface area contributed by atoms with E-state index in [1.54, 1.807) is 12.1 Å². The lowest BCUT2D eigenvalue weighted by Crippen LogP contribution is -2.42. The fourth-order valence-electron chi connectivity index (χ4n) is 0.987. The average Bonchev–Trinajstić information content (AvgIpc) is 2.35. The summed E-state index contributed by atoms with van der Waals surface area (Å²) in [7, 11) is 0. The normalized spacial score (nSPS) is 9.00. The lowest BCUT2D eigenvalue weighted by atomic mass is 10.2. The minimum Gasteiger partial charge on any atom is -0.507 e. The molecule has 3 N–H and O–H groups in total. The lowest BCUT2D eigenvalue weighted by molar-refractivity contribution is -0.118. The Hall–Kier alpha value is -2.59. The maximum Gasteiger partial charge on any atom is 0.276 e. The van der Waals surface area contributed by atoms with E-state index in [1.807, 2.05) is 5.43 Å². The topological polar surface area (TPSA) is 95.5 Å². The molecular weight excluding hydrogens is 224 g/mol. The number of phenolic OH excluding ortho intramolecular Hbond substituents is 1. The lowest BCUT2D eigenvalue weighted by Gasteiger charge is -2.07. The van der Waals surface area contributed by atoms with Crippen molar-refractivity contribution in [3.05, 3.63) is 35.4 Å². The fraction of sp³-hybridized carbons (Fsp3) is 0.0909. The predicted octanol–water partition coefficient (Wildman–Crippen LogP) is -0.0689. The predicted molar refractivity (Wildman–Crippen MR) is 58.6 cm³/mol. The van der Waals surface area contributed by atoms with Gasteiger partial charge in [-0.25, -0.2) is 4.79 Å². The number of rotatable bonds is 2. The number of aromatic hydroxyl groups is 1. The van der Waals surface area contributed by atoms with Crippen molar-refractivity contribution < 1.29 is 19.5 Å². The molecule has 1 aromatic carbocycles. The van der Waals surface area contributed by atoms with E-state index in [9.17, 15) is 19.5 Å².